The molecular weight excluding hydrogens is 480 g/mol. The van der Waals surface area contributed by atoms with Gasteiger partial charge in [0.05, 0.1) is 24.2 Å². The number of aryl methyl sites for hydroxylation is 1. The van der Waals surface area contributed by atoms with Crippen LogP contribution in [-0.2, 0) is 0 Å². The second-order valence-corrected chi connectivity index (χ2v) is 9.08. The number of methoxy groups -OCH3 is 1. The van der Waals surface area contributed by atoms with Gasteiger partial charge in [-0.15, -0.1) is 0 Å². The third kappa shape index (κ3) is 4.37. The van der Waals surface area contributed by atoms with Gasteiger partial charge in [-0.2, -0.15) is 9.78 Å². The predicted octanol–water partition coefficient (Wildman–Crippen LogP) is 5.97. The Morgan fingerprint density at radius 3 is 2.55 bits per heavy atom. The standard InChI is InChI=1S/C26H27BrN4O2/c1-6-16(2)25-29-24-12-7-20(27)14-23(24)26(32)31(25)28-15-19-13-17(3)30(18(19)4)21-8-10-22(33-5)11-9-21/h7-16H,6H2,1-5H3/t16-/m1/s1. The average Bonchev–Trinajstić information content (AvgIpc) is 3.11. The Kier molecular flexibility index (Phi) is 6.51. The summed E-state index contributed by atoms with van der Waals surface area (Å²) in [6.45, 7) is 8.25. The van der Waals surface area contributed by atoms with Gasteiger partial charge in [0.15, 0.2) is 0 Å². The van der Waals surface area contributed by atoms with E-state index in [1.54, 1.807) is 19.4 Å². The number of nitrogens with zero attached hydrogens (tertiary/aromatic N) is 4. The molecule has 170 valence electrons. The minimum atomic E-state index is -0.170. The summed E-state index contributed by atoms with van der Waals surface area (Å²) in [6, 6.07) is 15.6. The molecule has 2 aromatic carbocycles. The van der Waals surface area contributed by atoms with Crippen LogP contribution < -0.4 is 10.3 Å². The highest BCUT2D eigenvalue weighted by Gasteiger charge is 2.16. The molecule has 0 unspecified atom stereocenters. The van der Waals surface area contributed by atoms with Gasteiger partial charge in [-0.3, -0.25) is 4.79 Å². The molecule has 0 fully saturated rings. The quantitative estimate of drug-likeness (QED) is 0.302. The molecular formula is C26H27BrN4O2. The van der Waals surface area contributed by atoms with E-state index in [0.29, 0.717) is 16.7 Å². The first-order valence-corrected chi connectivity index (χ1v) is 11.7. The molecule has 2 aromatic heterocycles. The first kappa shape index (κ1) is 23.0. The lowest BCUT2D eigenvalue weighted by Gasteiger charge is -2.14. The minimum Gasteiger partial charge on any atom is -0.497 e. The number of halogens is 1. The third-order valence-electron chi connectivity index (χ3n) is 6.00. The van der Waals surface area contributed by atoms with Crippen molar-refractivity contribution in [2.24, 2.45) is 5.10 Å². The van der Waals surface area contributed by atoms with Crippen LogP contribution >= 0.6 is 15.9 Å². The summed E-state index contributed by atoms with van der Waals surface area (Å²) < 4.78 is 9.72. The van der Waals surface area contributed by atoms with E-state index >= 15 is 0 Å². The van der Waals surface area contributed by atoms with E-state index in [4.69, 9.17) is 9.72 Å². The van der Waals surface area contributed by atoms with Crippen molar-refractivity contribution in [3.8, 4) is 11.4 Å². The van der Waals surface area contributed by atoms with Gasteiger partial charge >= 0.3 is 0 Å². The second kappa shape index (κ2) is 9.35. The van der Waals surface area contributed by atoms with E-state index in [9.17, 15) is 4.79 Å². The number of fused-ring (bicyclic) bond motifs is 1. The second-order valence-electron chi connectivity index (χ2n) is 8.16. The Balaban J connectivity index is 1.81. The van der Waals surface area contributed by atoms with Crippen molar-refractivity contribution in [3.05, 3.63) is 86.1 Å². The number of rotatable bonds is 6. The summed E-state index contributed by atoms with van der Waals surface area (Å²) in [5.74, 6) is 1.57. The van der Waals surface area contributed by atoms with Crippen LogP contribution in [0.3, 0.4) is 0 Å². The Morgan fingerprint density at radius 2 is 1.88 bits per heavy atom. The molecule has 0 saturated heterocycles. The zero-order chi connectivity index (χ0) is 23.7. The zero-order valence-electron chi connectivity index (χ0n) is 19.5. The van der Waals surface area contributed by atoms with Crippen molar-refractivity contribution in [3.63, 3.8) is 0 Å². The van der Waals surface area contributed by atoms with E-state index < -0.39 is 0 Å². The van der Waals surface area contributed by atoms with Crippen LogP contribution in [0.25, 0.3) is 16.6 Å². The van der Waals surface area contributed by atoms with Crippen molar-refractivity contribution in [1.82, 2.24) is 14.2 Å². The summed E-state index contributed by atoms with van der Waals surface area (Å²) in [5.41, 5.74) is 4.62. The SMILES string of the molecule is CC[C@@H](C)c1nc2ccc(Br)cc2c(=O)n1N=Cc1cc(C)n(-c2ccc(OC)cc2)c1C. The van der Waals surface area contributed by atoms with Crippen LogP contribution in [0, 0.1) is 13.8 Å². The lowest BCUT2D eigenvalue weighted by molar-refractivity contribution is 0.414. The average molecular weight is 507 g/mol. The number of aromatic nitrogens is 3. The molecule has 6 nitrogen and oxygen atoms in total. The number of ether oxygens (including phenoxy) is 1. The number of benzene rings is 2. The number of hydrogen-bond acceptors (Lipinski definition) is 4. The molecule has 33 heavy (non-hydrogen) atoms. The van der Waals surface area contributed by atoms with Gasteiger partial charge in [0.25, 0.3) is 5.56 Å². The molecule has 4 rings (SSSR count). The molecule has 4 aromatic rings. The maximum absolute atomic E-state index is 13.4. The van der Waals surface area contributed by atoms with Crippen molar-refractivity contribution in [2.75, 3.05) is 7.11 Å². The minimum absolute atomic E-state index is 0.0922. The van der Waals surface area contributed by atoms with Crippen molar-refractivity contribution >= 4 is 33.0 Å². The summed E-state index contributed by atoms with van der Waals surface area (Å²) in [5, 5.41) is 5.17. The van der Waals surface area contributed by atoms with Crippen molar-refractivity contribution < 1.29 is 4.74 Å². The summed E-state index contributed by atoms with van der Waals surface area (Å²) in [7, 11) is 1.66. The molecule has 7 heteroatoms. The molecule has 0 spiro atoms. The fraction of sp³-hybridized carbons (Fsp3) is 0.269. The highest BCUT2D eigenvalue weighted by molar-refractivity contribution is 9.10. The van der Waals surface area contributed by atoms with Crippen LogP contribution in [0.15, 0.2) is 62.9 Å². The monoisotopic (exact) mass is 506 g/mol. The van der Waals surface area contributed by atoms with Gasteiger partial charge in [-0.25, -0.2) is 4.98 Å². The van der Waals surface area contributed by atoms with Crippen LogP contribution in [0.1, 0.15) is 49.0 Å². The summed E-state index contributed by atoms with van der Waals surface area (Å²) in [6.07, 6.45) is 2.61. The third-order valence-corrected chi connectivity index (χ3v) is 6.49. The highest BCUT2D eigenvalue weighted by atomic mass is 79.9. The Bertz CT molecular complexity index is 1400. The molecule has 0 aliphatic rings. The van der Waals surface area contributed by atoms with E-state index in [-0.39, 0.29) is 11.5 Å². The molecule has 0 bridgehead atoms. The first-order valence-electron chi connectivity index (χ1n) is 10.9. The summed E-state index contributed by atoms with van der Waals surface area (Å²) >= 11 is 3.45. The van der Waals surface area contributed by atoms with Gasteiger partial charge in [0.2, 0.25) is 0 Å². The Hall–Kier alpha value is -3.19. The van der Waals surface area contributed by atoms with Gasteiger partial charge in [-0.05, 0) is 68.8 Å². The zero-order valence-corrected chi connectivity index (χ0v) is 21.0. The van der Waals surface area contributed by atoms with Crippen LogP contribution in [0.2, 0.25) is 0 Å². The predicted molar refractivity (Wildman–Crippen MR) is 137 cm³/mol. The molecule has 0 aliphatic heterocycles. The molecule has 1 atom stereocenters. The van der Waals surface area contributed by atoms with Crippen LogP contribution in [-0.4, -0.2) is 27.6 Å². The normalized spacial score (nSPS) is 12.5. The van der Waals surface area contributed by atoms with Gasteiger partial charge in [0, 0.05) is 33.0 Å². The molecule has 0 radical (unpaired) electrons. The maximum Gasteiger partial charge on any atom is 0.282 e. The topological polar surface area (TPSA) is 61.4 Å². The first-order chi connectivity index (χ1) is 15.8. The highest BCUT2D eigenvalue weighted by Crippen LogP contribution is 2.23. The smallest absolute Gasteiger partial charge is 0.282 e. The van der Waals surface area contributed by atoms with Gasteiger partial charge in [0.1, 0.15) is 11.6 Å². The van der Waals surface area contributed by atoms with Gasteiger partial charge < -0.3 is 9.30 Å². The van der Waals surface area contributed by atoms with Crippen molar-refractivity contribution in [2.45, 2.75) is 40.0 Å². The lowest BCUT2D eigenvalue weighted by Crippen LogP contribution is -2.23. The lowest BCUT2D eigenvalue weighted by atomic mass is 10.1. The van der Waals surface area contributed by atoms with Gasteiger partial charge in [-0.1, -0.05) is 29.8 Å². The van der Waals surface area contributed by atoms with E-state index in [0.717, 1.165) is 39.3 Å². The largest absolute Gasteiger partial charge is 0.497 e. The molecule has 2 heterocycles. The molecule has 0 amide bonds. The number of hydrogen-bond donors (Lipinski definition) is 0. The van der Waals surface area contributed by atoms with E-state index in [1.807, 2.05) is 43.3 Å². The summed E-state index contributed by atoms with van der Waals surface area (Å²) in [4.78, 5) is 18.1. The van der Waals surface area contributed by atoms with Crippen molar-refractivity contribution in [1.29, 1.82) is 0 Å². The fourth-order valence-electron chi connectivity index (χ4n) is 3.95. The molecule has 0 N–H and O–H groups in total. The van der Waals surface area contributed by atoms with E-state index in [2.05, 4.69) is 52.4 Å². The molecule has 0 aliphatic carbocycles. The van der Waals surface area contributed by atoms with Crippen LogP contribution in [0.5, 0.6) is 5.75 Å². The van der Waals surface area contributed by atoms with Crippen LogP contribution in [0.4, 0.5) is 0 Å². The Morgan fingerprint density at radius 1 is 1.15 bits per heavy atom. The fourth-order valence-corrected chi connectivity index (χ4v) is 4.31. The molecule has 0 saturated carbocycles. The van der Waals surface area contributed by atoms with E-state index in [1.165, 1.54) is 4.68 Å². The Labute approximate surface area is 201 Å². The maximum atomic E-state index is 13.4.